The Balaban J connectivity index is 1.87. The van der Waals surface area contributed by atoms with E-state index in [4.69, 9.17) is 11.6 Å². The molecule has 0 unspecified atom stereocenters. The predicted molar refractivity (Wildman–Crippen MR) is 83.7 cm³/mol. The molecule has 5 heteroatoms. The molecule has 0 saturated heterocycles. The third-order valence-corrected chi connectivity index (χ3v) is 4.58. The van der Waals surface area contributed by atoms with E-state index in [1.54, 1.807) is 4.68 Å². The Morgan fingerprint density at radius 2 is 1.90 bits per heavy atom. The molecule has 0 spiro atoms. The minimum atomic E-state index is -0.403. The lowest BCUT2D eigenvalue weighted by Gasteiger charge is -2.16. The van der Waals surface area contributed by atoms with Gasteiger partial charge >= 0.3 is 0 Å². The number of aromatic nitrogens is 2. The first-order valence-electron chi connectivity index (χ1n) is 7.02. The van der Waals surface area contributed by atoms with Crippen LogP contribution in [-0.4, -0.2) is 15.7 Å². The van der Waals surface area contributed by atoms with E-state index in [0.717, 1.165) is 35.5 Å². The Morgan fingerprint density at radius 3 is 2.38 bits per heavy atom. The topological polar surface area (TPSA) is 46.9 Å². The number of nitrogens with one attached hydrogen (secondary N) is 1. The van der Waals surface area contributed by atoms with Crippen LogP contribution in [0.4, 0.5) is 5.69 Å². The molecule has 0 atom stereocenters. The number of hydrogen-bond acceptors (Lipinski definition) is 2. The van der Waals surface area contributed by atoms with E-state index >= 15 is 0 Å². The first-order valence-corrected chi connectivity index (χ1v) is 7.39. The van der Waals surface area contributed by atoms with Crippen molar-refractivity contribution < 1.29 is 4.79 Å². The summed E-state index contributed by atoms with van der Waals surface area (Å²) in [5.41, 5.74) is 3.26. The fraction of sp³-hybridized carbons (Fsp3) is 0.375. The summed E-state index contributed by atoms with van der Waals surface area (Å²) in [6, 6.07) is 7.56. The highest BCUT2D eigenvalue weighted by Crippen LogP contribution is 2.49. The van der Waals surface area contributed by atoms with Crippen molar-refractivity contribution in [1.29, 1.82) is 0 Å². The zero-order valence-electron chi connectivity index (χ0n) is 12.4. The van der Waals surface area contributed by atoms with E-state index in [1.165, 1.54) is 0 Å². The van der Waals surface area contributed by atoms with Gasteiger partial charge in [0.15, 0.2) is 0 Å². The van der Waals surface area contributed by atoms with E-state index in [2.05, 4.69) is 10.4 Å². The van der Waals surface area contributed by atoms with Gasteiger partial charge < -0.3 is 5.32 Å². The SMILES string of the molecule is Cc1nn(C)c(C)c1NC(=O)C1(c2ccc(Cl)cc2)CC1. The Labute approximate surface area is 129 Å². The molecule has 1 saturated carbocycles. The van der Waals surface area contributed by atoms with Gasteiger partial charge in [-0.05, 0) is 44.4 Å². The largest absolute Gasteiger partial charge is 0.322 e. The molecule has 2 aromatic rings. The Bertz CT molecular complexity index is 699. The number of anilines is 1. The molecule has 1 aliphatic rings. The highest BCUT2D eigenvalue weighted by Gasteiger charge is 2.51. The molecule has 110 valence electrons. The number of nitrogens with zero attached hydrogens (tertiary/aromatic N) is 2. The van der Waals surface area contributed by atoms with Crippen molar-refractivity contribution >= 4 is 23.2 Å². The number of benzene rings is 1. The molecule has 21 heavy (non-hydrogen) atoms. The number of hydrogen-bond donors (Lipinski definition) is 1. The molecule has 1 amide bonds. The Hall–Kier alpha value is -1.81. The second-order valence-corrected chi connectivity index (χ2v) is 6.15. The zero-order valence-corrected chi connectivity index (χ0v) is 13.2. The summed E-state index contributed by atoms with van der Waals surface area (Å²) in [4.78, 5) is 12.7. The van der Waals surface area contributed by atoms with Crippen LogP contribution >= 0.6 is 11.6 Å². The third-order valence-electron chi connectivity index (χ3n) is 4.33. The van der Waals surface area contributed by atoms with Crippen LogP contribution in [0, 0.1) is 13.8 Å². The van der Waals surface area contributed by atoms with E-state index in [9.17, 15) is 4.79 Å². The second-order valence-electron chi connectivity index (χ2n) is 5.71. The van der Waals surface area contributed by atoms with Crippen LogP contribution in [0.1, 0.15) is 29.8 Å². The first kappa shape index (κ1) is 14.1. The monoisotopic (exact) mass is 303 g/mol. The number of aryl methyl sites for hydroxylation is 2. The summed E-state index contributed by atoms with van der Waals surface area (Å²) >= 11 is 5.92. The standard InChI is InChI=1S/C16H18ClN3O/c1-10-14(11(2)20(3)19-10)18-15(21)16(8-9-16)12-4-6-13(17)7-5-12/h4-7H,8-9H2,1-3H3,(H,18,21). The van der Waals surface area contributed by atoms with Gasteiger partial charge in [-0.15, -0.1) is 0 Å². The average Bonchev–Trinajstić information content (AvgIpc) is 3.21. The summed E-state index contributed by atoms with van der Waals surface area (Å²) in [6.07, 6.45) is 1.75. The molecule has 1 aromatic carbocycles. The molecular weight excluding hydrogens is 286 g/mol. The van der Waals surface area contributed by atoms with Gasteiger partial charge in [0.2, 0.25) is 5.91 Å². The Morgan fingerprint density at radius 1 is 1.29 bits per heavy atom. The average molecular weight is 304 g/mol. The van der Waals surface area contributed by atoms with E-state index in [1.807, 2.05) is 45.2 Å². The minimum absolute atomic E-state index is 0.0454. The molecule has 1 aromatic heterocycles. The van der Waals surface area contributed by atoms with Crippen LogP contribution < -0.4 is 5.32 Å². The maximum absolute atomic E-state index is 12.7. The minimum Gasteiger partial charge on any atom is -0.322 e. The van der Waals surface area contributed by atoms with Crippen molar-refractivity contribution in [2.75, 3.05) is 5.32 Å². The summed E-state index contributed by atoms with van der Waals surface area (Å²) in [7, 11) is 1.88. The van der Waals surface area contributed by atoms with Gasteiger partial charge in [0.05, 0.1) is 22.5 Å². The van der Waals surface area contributed by atoms with Gasteiger partial charge in [-0.25, -0.2) is 0 Å². The maximum Gasteiger partial charge on any atom is 0.235 e. The number of carbonyl (C=O) groups is 1. The lowest BCUT2D eigenvalue weighted by Crippen LogP contribution is -2.28. The van der Waals surface area contributed by atoms with Crippen LogP contribution in [0.25, 0.3) is 0 Å². The molecule has 1 fully saturated rings. The molecule has 0 aliphatic heterocycles. The van der Waals surface area contributed by atoms with Gasteiger partial charge in [-0.3, -0.25) is 9.48 Å². The summed E-state index contributed by atoms with van der Waals surface area (Å²) in [6.45, 7) is 3.86. The van der Waals surface area contributed by atoms with Gasteiger partial charge in [-0.1, -0.05) is 23.7 Å². The van der Waals surface area contributed by atoms with Crippen LogP contribution in [-0.2, 0) is 17.3 Å². The van der Waals surface area contributed by atoms with Crippen molar-refractivity contribution in [1.82, 2.24) is 9.78 Å². The fourth-order valence-corrected chi connectivity index (χ4v) is 2.85. The molecule has 0 radical (unpaired) electrons. The van der Waals surface area contributed by atoms with Crippen molar-refractivity contribution in [3.8, 4) is 0 Å². The van der Waals surface area contributed by atoms with Crippen molar-refractivity contribution in [2.45, 2.75) is 32.1 Å². The van der Waals surface area contributed by atoms with E-state index < -0.39 is 5.41 Å². The quantitative estimate of drug-likeness (QED) is 0.945. The smallest absolute Gasteiger partial charge is 0.235 e. The molecule has 1 aliphatic carbocycles. The van der Waals surface area contributed by atoms with E-state index in [0.29, 0.717) is 5.02 Å². The van der Waals surface area contributed by atoms with Gasteiger partial charge in [0.1, 0.15) is 0 Å². The first-order chi connectivity index (χ1) is 9.94. The molecular formula is C16H18ClN3O. The zero-order chi connectivity index (χ0) is 15.2. The van der Waals surface area contributed by atoms with Crippen LogP contribution in [0.3, 0.4) is 0 Å². The second kappa shape index (κ2) is 4.88. The third kappa shape index (κ3) is 2.33. The molecule has 4 nitrogen and oxygen atoms in total. The van der Waals surface area contributed by atoms with Gasteiger partial charge in [0.25, 0.3) is 0 Å². The number of carbonyl (C=O) groups excluding carboxylic acids is 1. The lowest BCUT2D eigenvalue weighted by atomic mass is 9.95. The highest BCUT2D eigenvalue weighted by atomic mass is 35.5. The summed E-state index contributed by atoms with van der Waals surface area (Å²) in [5.74, 6) is 0.0454. The van der Waals surface area contributed by atoms with Crippen molar-refractivity contribution in [3.05, 3.63) is 46.2 Å². The fourth-order valence-electron chi connectivity index (χ4n) is 2.73. The van der Waals surface area contributed by atoms with Gasteiger partial charge in [0, 0.05) is 12.1 Å². The summed E-state index contributed by atoms with van der Waals surface area (Å²) in [5, 5.41) is 8.08. The predicted octanol–water partition coefficient (Wildman–Crippen LogP) is 3.36. The number of rotatable bonds is 3. The van der Waals surface area contributed by atoms with Gasteiger partial charge in [-0.2, -0.15) is 5.10 Å². The molecule has 1 N–H and O–H groups in total. The highest BCUT2D eigenvalue weighted by molar-refractivity contribution is 6.30. The van der Waals surface area contributed by atoms with Crippen LogP contribution in [0.15, 0.2) is 24.3 Å². The summed E-state index contributed by atoms with van der Waals surface area (Å²) < 4.78 is 1.78. The van der Waals surface area contributed by atoms with Crippen LogP contribution in [0.5, 0.6) is 0 Å². The molecule has 1 heterocycles. The number of amides is 1. The maximum atomic E-state index is 12.7. The molecule has 0 bridgehead atoms. The van der Waals surface area contributed by atoms with Crippen LogP contribution in [0.2, 0.25) is 5.02 Å². The lowest BCUT2D eigenvalue weighted by molar-refractivity contribution is -0.118. The normalized spacial score (nSPS) is 15.8. The molecule has 3 rings (SSSR count). The van der Waals surface area contributed by atoms with Crippen molar-refractivity contribution in [3.63, 3.8) is 0 Å². The van der Waals surface area contributed by atoms with Crippen molar-refractivity contribution in [2.24, 2.45) is 7.05 Å². The Kier molecular flexibility index (Phi) is 3.29. The van der Waals surface area contributed by atoms with E-state index in [-0.39, 0.29) is 5.91 Å². The number of halogens is 1.